The molecule has 0 fully saturated rings. The number of methoxy groups -OCH3 is 2. The Labute approximate surface area is 132 Å². The number of carbonyl (C=O) groups excluding carboxylic acids is 1. The largest absolute Gasteiger partial charge is 0.497 e. The fraction of sp³-hybridized carbons (Fsp3) is 0.250. The van der Waals surface area contributed by atoms with Crippen molar-refractivity contribution in [2.45, 2.75) is 5.92 Å². The van der Waals surface area contributed by atoms with E-state index in [4.69, 9.17) is 24.7 Å². The lowest BCUT2D eigenvalue weighted by atomic mass is 9.83. The van der Waals surface area contributed by atoms with Crippen molar-refractivity contribution in [3.63, 3.8) is 0 Å². The highest BCUT2D eigenvalue weighted by Crippen LogP contribution is 2.45. The van der Waals surface area contributed by atoms with Crippen LogP contribution in [0.15, 0.2) is 41.0 Å². The minimum absolute atomic E-state index is 0.00361. The lowest BCUT2D eigenvalue weighted by Gasteiger charge is -2.25. The van der Waals surface area contributed by atoms with Crippen molar-refractivity contribution >= 4 is 5.97 Å². The van der Waals surface area contributed by atoms with Crippen LogP contribution in [-0.4, -0.2) is 26.8 Å². The van der Waals surface area contributed by atoms with Crippen molar-refractivity contribution in [2.24, 2.45) is 5.73 Å². The van der Waals surface area contributed by atoms with Gasteiger partial charge in [0.05, 0.1) is 25.7 Å². The van der Waals surface area contributed by atoms with E-state index in [-0.39, 0.29) is 23.6 Å². The maximum absolute atomic E-state index is 12.1. The topological polar surface area (TPSA) is 104 Å². The molecule has 1 aromatic carbocycles. The first-order valence-electron chi connectivity index (χ1n) is 6.80. The van der Waals surface area contributed by atoms with Crippen LogP contribution in [0.4, 0.5) is 0 Å². The summed E-state index contributed by atoms with van der Waals surface area (Å²) < 4.78 is 21.0. The zero-order chi connectivity index (χ0) is 16.6. The van der Waals surface area contributed by atoms with Crippen molar-refractivity contribution in [2.75, 3.05) is 20.8 Å². The zero-order valence-electron chi connectivity index (χ0n) is 12.6. The highest BCUT2D eigenvalue weighted by atomic mass is 16.6. The second-order valence-electron chi connectivity index (χ2n) is 4.95. The van der Waals surface area contributed by atoms with E-state index < -0.39 is 11.9 Å². The van der Waals surface area contributed by atoms with E-state index in [2.05, 4.69) is 0 Å². The SMILES string of the molecule is COc1ccc(OC)c(C2C(C#N)=C(N)OC3=C2C(=O)OC3)c1. The Morgan fingerprint density at radius 3 is 2.78 bits per heavy atom. The molecule has 0 amide bonds. The van der Waals surface area contributed by atoms with Crippen LogP contribution in [0.3, 0.4) is 0 Å². The van der Waals surface area contributed by atoms with Gasteiger partial charge in [-0.1, -0.05) is 0 Å². The summed E-state index contributed by atoms with van der Waals surface area (Å²) in [4.78, 5) is 12.1. The molecule has 0 spiro atoms. The molecule has 7 heteroatoms. The summed E-state index contributed by atoms with van der Waals surface area (Å²) in [6.45, 7) is -0.00361. The summed E-state index contributed by atoms with van der Waals surface area (Å²) in [5.74, 6) is 0.0983. The second-order valence-corrected chi connectivity index (χ2v) is 4.95. The molecule has 1 unspecified atom stereocenters. The summed E-state index contributed by atoms with van der Waals surface area (Å²) in [6.07, 6.45) is 0. The first-order valence-corrected chi connectivity index (χ1v) is 6.80. The van der Waals surface area contributed by atoms with Crippen molar-refractivity contribution in [1.29, 1.82) is 5.26 Å². The number of hydrogen-bond donors (Lipinski definition) is 1. The molecular weight excluding hydrogens is 300 g/mol. The van der Waals surface area contributed by atoms with E-state index in [1.807, 2.05) is 6.07 Å². The number of nitrogens with two attached hydrogens (primary N) is 1. The van der Waals surface area contributed by atoms with E-state index in [1.165, 1.54) is 14.2 Å². The van der Waals surface area contributed by atoms with Crippen LogP contribution in [0.1, 0.15) is 11.5 Å². The molecule has 0 radical (unpaired) electrons. The summed E-state index contributed by atoms with van der Waals surface area (Å²) in [5.41, 5.74) is 6.83. The summed E-state index contributed by atoms with van der Waals surface area (Å²) in [5, 5.41) is 9.47. The molecule has 23 heavy (non-hydrogen) atoms. The third kappa shape index (κ3) is 2.25. The van der Waals surface area contributed by atoms with Gasteiger partial charge in [-0.05, 0) is 18.2 Å². The molecular formula is C16H14N2O5. The third-order valence-electron chi connectivity index (χ3n) is 3.80. The fourth-order valence-corrected chi connectivity index (χ4v) is 2.73. The molecule has 2 aliphatic rings. The average Bonchev–Trinajstić information content (AvgIpc) is 2.93. The van der Waals surface area contributed by atoms with E-state index in [0.29, 0.717) is 22.8 Å². The van der Waals surface area contributed by atoms with Crippen LogP contribution in [0.25, 0.3) is 0 Å². The molecule has 118 valence electrons. The average molecular weight is 314 g/mol. The van der Waals surface area contributed by atoms with Crippen LogP contribution in [0.5, 0.6) is 11.5 Å². The van der Waals surface area contributed by atoms with Gasteiger partial charge in [0.25, 0.3) is 0 Å². The van der Waals surface area contributed by atoms with Gasteiger partial charge in [0.1, 0.15) is 29.7 Å². The highest BCUT2D eigenvalue weighted by Gasteiger charge is 2.42. The Kier molecular flexibility index (Phi) is 3.58. The Bertz CT molecular complexity index is 788. The van der Waals surface area contributed by atoms with Crippen molar-refractivity contribution in [3.05, 3.63) is 46.6 Å². The number of rotatable bonds is 3. The van der Waals surface area contributed by atoms with Gasteiger partial charge < -0.3 is 24.7 Å². The van der Waals surface area contributed by atoms with Crippen molar-refractivity contribution in [3.8, 4) is 17.6 Å². The number of allylic oxidation sites excluding steroid dienone is 1. The number of benzene rings is 1. The van der Waals surface area contributed by atoms with Crippen LogP contribution in [-0.2, 0) is 14.3 Å². The molecule has 0 saturated carbocycles. The molecule has 3 rings (SSSR count). The summed E-state index contributed by atoms with van der Waals surface area (Å²) in [6, 6.07) is 7.15. The Hall–Kier alpha value is -3.14. The third-order valence-corrected chi connectivity index (χ3v) is 3.80. The molecule has 1 atom stereocenters. The van der Waals surface area contributed by atoms with Crippen molar-refractivity contribution < 1.29 is 23.7 Å². The number of cyclic esters (lactones) is 1. The van der Waals surface area contributed by atoms with Gasteiger partial charge in [-0.2, -0.15) is 5.26 Å². The number of hydrogen-bond acceptors (Lipinski definition) is 7. The Balaban J connectivity index is 2.24. The maximum atomic E-state index is 12.1. The number of nitrogens with zero attached hydrogens (tertiary/aromatic N) is 1. The normalized spacial score (nSPS) is 19.7. The molecule has 2 aliphatic heterocycles. The first kappa shape index (κ1) is 14.8. The van der Waals surface area contributed by atoms with Gasteiger partial charge in [0.15, 0.2) is 5.76 Å². The molecule has 0 bridgehead atoms. The minimum atomic E-state index is -0.719. The lowest BCUT2D eigenvalue weighted by Crippen LogP contribution is -2.22. The molecule has 0 aliphatic carbocycles. The molecule has 1 aromatic rings. The predicted octanol–water partition coefficient (Wildman–Crippen LogP) is 1.32. The molecule has 2 heterocycles. The smallest absolute Gasteiger partial charge is 0.339 e. The standard InChI is InChI=1S/C16H14N2O5/c1-20-8-3-4-11(21-2)9(5-8)13-10(6-17)15(18)23-12-7-22-16(19)14(12)13/h3-5,13H,7,18H2,1-2H3. The first-order chi connectivity index (χ1) is 11.1. The summed E-state index contributed by atoms with van der Waals surface area (Å²) in [7, 11) is 3.03. The van der Waals surface area contributed by atoms with Crippen molar-refractivity contribution in [1.82, 2.24) is 0 Å². The summed E-state index contributed by atoms with van der Waals surface area (Å²) >= 11 is 0. The molecule has 0 saturated heterocycles. The maximum Gasteiger partial charge on any atom is 0.339 e. The number of ether oxygens (including phenoxy) is 4. The number of esters is 1. The Morgan fingerprint density at radius 2 is 2.13 bits per heavy atom. The predicted molar refractivity (Wildman–Crippen MR) is 78.2 cm³/mol. The lowest BCUT2D eigenvalue weighted by molar-refractivity contribution is -0.136. The Morgan fingerprint density at radius 1 is 1.35 bits per heavy atom. The van der Waals surface area contributed by atoms with Crippen LogP contribution >= 0.6 is 0 Å². The fourth-order valence-electron chi connectivity index (χ4n) is 2.73. The van der Waals surface area contributed by atoms with Gasteiger partial charge >= 0.3 is 5.97 Å². The van der Waals surface area contributed by atoms with E-state index >= 15 is 0 Å². The van der Waals surface area contributed by atoms with E-state index in [0.717, 1.165) is 0 Å². The monoisotopic (exact) mass is 314 g/mol. The van der Waals surface area contributed by atoms with Crippen LogP contribution in [0, 0.1) is 11.3 Å². The minimum Gasteiger partial charge on any atom is -0.497 e. The van der Waals surface area contributed by atoms with Gasteiger partial charge in [-0.3, -0.25) is 0 Å². The highest BCUT2D eigenvalue weighted by molar-refractivity contribution is 5.95. The van der Waals surface area contributed by atoms with Crippen LogP contribution in [0.2, 0.25) is 0 Å². The molecule has 2 N–H and O–H groups in total. The van der Waals surface area contributed by atoms with Crippen LogP contribution < -0.4 is 15.2 Å². The zero-order valence-corrected chi connectivity index (χ0v) is 12.6. The number of nitriles is 1. The van der Waals surface area contributed by atoms with E-state index in [1.54, 1.807) is 18.2 Å². The van der Waals surface area contributed by atoms with Gasteiger partial charge in [-0.15, -0.1) is 0 Å². The van der Waals surface area contributed by atoms with Gasteiger partial charge in [0, 0.05) is 5.56 Å². The molecule has 7 nitrogen and oxygen atoms in total. The number of carbonyl (C=O) groups is 1. The quantitative estimate of drug-likeness (QED) is 0.839. The second kappa shape index (κ2) is 5.57. The van der Waals surface area contributed by atoms with Gasteiger partial charge in [0.2, 0.25) is 5.88 Å². The van der Waals surface area contributed by atoms with E-state index in [9.17, 15) is 10.1 Å². The molecule has 0 aromatic heterocycles. The van der Waals surface area contributed by atoms with Gasteiger partial charge in [-0.25, -0.2) is 4.79 Å².